The first-order valence-electron chi connectivity index (χ1n) is 8.75. The van der Waals surface area contributed by atoms with E-state index in [1.54, 1.807) is 0 Å². The third kappa shape index (κ3) is 8.69. The van der Waals surface area contributed by atoms with Gasteiger partial charge in [-0.05, 0) is 65.5 Å². The molecule has 5 heteroatoms. The molecule has 0 fully saturated rings. The van der Waals surface area contributed by atoms with E-state index in [-0.39, 0.29) is 0 Å². The lowest BCUT2D eigenvalue weighted by Crippen LogP contribution is -2.29. The molecule has 0 aromatic carbocycles. The Balaban J connectivity index is 3.61. The zero-order valence-electron chi connectivity index (χ0n) is 17.5. The highest BCUT2D eigenvalue weighted by Crippen LogP contribution is 2.08. The smallest absolute Gasteiger partial charge is 0.122 e. The van der Waals surface area contributed by atoms with Crippen LogP contribution in [0.15, 0.2) is 0 Å². The quantitative estimate of drug-likeness (QED) is 0.419. The third-order valence-corrected chi connectivity index (χ3v) is 12.2. The second kappa shape index (κ2) is 7.25. The van der Waals surface area contributed by atoms with Crippen LogP contribution < -0.4 is 0 Å². The molecule has 0 saturated heterocycles. The fraction of sp³-hybridized carbons (Fsp3) is 0.500. The molecule has 0 aromatic heterocycles. The predicted octanol–water partition coefficient (Wildman–Crippen LogP) is 3.95. The Hall–Kier alpha value is -1.12. The maximum absolute atomic E-state index is 3.54. The molecule has 1 aliphatic heterocycles. The zero-order chi connectivity index (χ0) is 19.6. The minimum atomic E-state index is -1.85. The van der Waals surface area contributed by atoms with Gasteiger partial charge in [-0.15, -0.1) is 55.4 Å². The van der Waals surface area contributed by atoms with Crippen LogP contribution in [0, 0.1) is 55.4 Å². The Morgan fingerprint density at radius 1 is 0.240 bits per heavy atom. The van der Waals surface area contributed by atoms with E-state index < -0.39 is 40.4 Å². The molecule has 0 unspecified atom stereocenters. The maximum atomic E-state index is 3.54. The van der Waals surface area contributed by atoms with Crippen molar-refractivity contribution >= 4 is 40.4 Å². The highest BCUT2D eigenvalue weighted by atomic mass is 28.3. The molecular formula is C20H30Si5. The summed E-state index contributed by atoms with van der Waals surface area (Å²) >= 11 is 0. The Labute approximate surface area is 161 Å². The lowest BCUT2D eigenvalue weighted by atomic mass is 11.3. The van der Waals surface area contributed by atoms with Crippen LogP contribution in [0.3, 0.4) is 0 Å². The van der Waals surface area contributed by atoms with E-state index in [4.69, 9.17) is 0 Å². The summed E-state index contributed by atoms with van der Waals surface area (Å²) in [6, 6.07) is 0. The SMILES string of the molecule is C[Si]1(C)C#C[Si](C)(C)C#C[Si](C)(C)C#C[Si](C)(C)C#C[Si](C)(C)C#C1. The van der Waals surface area contributed by atoms with E-state index in [0.29, 0.717) is 0 Å². The fourth-order valence-electron chi connectivity index (χ4n) is 1.72. The topological polar surface area (TPSA) is 0 Å². The monoisotopic (exact) mass is 410 g/mol. The van der Waals surface area contributed by atoms with E-state index in [9.17, 15) is 0 Å². The van der Waals surface area contributed by atoms with Gasteiger partial charge in [-0.2, -0.15) is 0 Å². The third-order valence-electron chi connectivity index (χ3n) is 3.44. The molecule has 1 aliphatic rings. The summed E-state index contributed by atoms with van der Waals surface area (Å²) in [6.45, 7) is 22.4. The van der Waals surface area contributed by atoms with Gasteiger partial charge in [0.25, 0.3) is 0 Å². The molecule has 0 amide bonds. The van der Waals surface area contributed by atoms with Gasteiger partial charge < -0.3 is 0 Å². The van der Waals surface area contributed by atoms with Crippen LogP contribution in [0.5, 0.6) is 0 Å². The highest BCUT2D eigenvalue weighted by molar-refractivity contribution is 7.02. The Morgan fingerprint density at radius 3 is 0.400 bits per heavy atom. The summed E-state index contributed by atoms with van der Waals surface area (Å²) in [5, 5.41) is 0. The lowest BCUT2D eigenvalue weighted by Gasteiger charge is -2.11. The van der Waals surface area contributed by atoms with Crippen LogP contribution in [0.1, 0.15) is 0 Å². The Bertz CT molecular complexity index is 637. The van der Waals surface area contributed by atoms with Crippen molar-refractivity contribution in [1.29, 1.82) is 0 Å². The average molecular weight is 411 g/mol. The molecule has 0 aliphatic carbocycles. The van der Waals surface area contributed by atoms with Crippen LogP contribution in [-0.2, 0) is 0 Å². The summed E-state index contributed by atoms with van der Waals surface area (Å²) in [5.41, 5.74) is 35.4. The first kappa shape index (κ1) is 21.9. The van der Waals surface area contributed by atoms with Gasteiger partial charge in [-0.1, -0.05) is 0 Å². The molecule has 1 heterocycles. The van der Waals surface area contributed by atoms with Crippen LogP contribution in [0.2, 0.25) is 65.5 Å². The lowest BCUT2D eigenvalue weighted by molar-refractivity contribution is 1.90. The van der Waals surface area contributed by atoms with Crippen LogP contribution >= 0.6 is 0 Å². The van der Waals surface area contributed by atoms with E-state index in [2.05, 4.69) is 121 Å². The second-order valence-electron chi connectivity index (χ2n) is 9.38. The van der Waals surface area contributed by atoms with Crippen molar-refractivity contribution in [2.24, 2.45) is 0 Å². The van der Waals surface area contributed by atoms with Gasteiger partial charge in [0, 0.05) is 0 Å². The fourth-order valence-corrected chi connectivity index (χ4v) is 14.5. The van der Waals surface area contributed by atoms with E-state index >= 15 is 0 Å². The number of hydrogen-bond acceptors (Lipinski definition) is 0. The number of rotatable bonds is 0. The molecule has 130 valence electrons. The van der Waals surface area contributed by atoms with Crippen molar-refractivity contribution in [1.82, 2.24) is 0 Å². The Kier molecular flexibility index (Phi) is 6.36. The number of hydrogen-bond donors (Lipinski definition) is 0. The predicted molar refractivity (Wildman–Crippen MR) is 126 cm³/mol. The van der Waals surface area contributed by atoms with Gasteiger partial charge in [0.15, 0.2) is 0 Å². The van der Waals surface area contributed by atoms with Crippen molar-refractivity contribution < 1.29 is 0 Å². The maximum Gasteiger partial charge on any atom is 0.209 e. The molecule has 0 aromatic rings. The van der Waals surface area contributed by atoms with Gasteiger partial charge in [0.05, 0.1) is 0 Å². The van der Waals surface area contributed by atoms with Gasteiger partial charge in [-0.25, -0.2) is 0 Å². The van der Waals surface area contributed by atoms with E-state index in [1.165, 1.54) is 0 Å². The van der Waals surface area contributed by atoms with Crippen molar-refractivity contribution in [2.75, 3.05) is 0 Å². The molecule has 0 N–H and O–H groups in total. The highest BCUT2D eigenvalue weighted by Gasteiger charge is 2.24. The Morgan fingerprint density at radius 2 is 0.320 bits per heavy atom. The summed E-state index contributed by atoms with van der Waals surface area (Å²) in [7, 11) is -9.27. The summed E-state index contributed by atoms with van der Waals surface area (Å²) < 4.78 is 0. The summed E-state index contributed by atoms with van der Waals surface area (Å²) in [5.74, 6) is 0. The van der Waals surface area contributed by atoms with Crippen LogP contribution in [0.4, 0.5) is 0 Å². The molecular weight excluding hydrogens is 381 g/mol. The molecule has 0 bridgehead atoms. The van der Waals surface area contributed by atoms with E-state index in [1.807, 2.05) is 0 Å². The minimum Gasteiger partial charge on any atom is -0.122 e. The van der Waals surface area contributed by atoms with Crippen molar-refractivity contribution in [2.45, 2.75) is 65.5 Å². The van der Waals surface area contributed by atoms with Crippen molar-refractivity contribution in [3.8, 4) is 55.4 Å². The summed E-state index contributed by atoms with van der Waals surface area (Å²) in [4.78, 5) is 0. The zero-order valence-corrected chi connectivity index (χ0v) is 22.5. The van der Waals surface area contributed by atoms with Crippen molar-refractivity contribution in [3.05, 3.63) is 0 Å². The van der Waals surface area contributed by atoms with Gasteiger partial charge in [-0.3, -0.25) is 0 Å². The normalized spacial score (nSPS) is 23.6. The summed E-state index contributed by atoms with van der Waals surface area (Å²) in [6.07, 6.45) is 0. The first-order chi connectivity index (χ1) is 11.0. The first-order valence-corrected chi connectivity index (χ1v) is 23.8. The van der Waals surface area contributed by atoms with Gasteiger partial charge in [0.1, 0.15) is 0 Å². The van der Waals surface area contributed by atoms with Crippen molar-refractivity contribution in [3.63, 3.8) is 0 Å². The second-order valence-corrected chi connectivity index (χ2v) is 28.1. The van der Waals surface area contributed by atoms with Gasteiger partial charge >= 0.3 is 0 Å². The molecule has 0 saturated carbocycles. The molecule has 0 atom stereocenters. The minimum absolute atomic E-state index is 1.85. The molecule has 1 rings (SSSR count). The standard InChI is InChI=1S/C20H30Si5/c1-21(2)11-13-22(3,4)15-17-24(7,8)19-20-25(9,10)18-16-23(5,6)14-12-21/h1-10H3. The molecule has 0 spiro atoms. The average Bonchev–Trinajstić information content (AvgIpc) is 2.46. The largest absolute Gasteiger partial charge is 0.209 e. The van der Waals surface area contributed by atoms with E-state index in [0.717, 1.165) is 0 Å². The molecule has 0 nitrogen and oxygen atoms in total. The van der Waals surface area contributed by atoms with Crippen LogP contribution in [0.25, 0.3) is 0 Å². The molecule has 0 radical (unpaired) electrons. The molecule has 25 heavy (non-hydrogen) atoms. The van der Waals surface area contributed by atoms with Gasteiger partial charge in [0.2, 0.25) is 40.4 Å². The van der Waals surface area contributed by atoms with Crippen LogP contribution in [-0.4, -0.2) is 40.4 Å².